The van der Waals surface area contributed by atoms with Crippen LogP contribution in [0, 0.1) is 5.92 Å². The van der Waals surface area contributed by atoms with Crippen molar-refractivity contribution in [3.8, 4) is 0 Å². The van der Waals surface area contributed by atoms with Crippen molar-refractivity contribution in [2.75, 3.05) is 0 Å². The second-order valence-corrected chi connectivity index (χ2v) is 8.04. The number of carbonyl (C=O) groups excluding carboxylic acids is 1. The minimum Gasteiger partial charge on any atom is -0.480 e. The van der Waals surface area contributed by atoms with Gasteiger partial charge in [0, 0.05) is 6.42 Å². The quantitative estimate of drug-likeness (QED) is 0.198. The fourth-order valence-electron chi connectivity index (χ4n) is 2.81. The van der Waals surface area contributed by atoms with Crippen molar-refractivity contribution in [3.63, 3.8) is 0 Å². The number of hydrogen-bond acceptors (Lipinski definition) is 2. The largest absolute Gasteiger partial charge is 0.480 e. The predicted octanol–water partition coefficient (Wildman–Crippen LogP) is 8.11. The SMILES string of the molecule is CC.CC/C=C\C/C=C\C/C=C\C/C=C\C/C=C\C/C=C\CCC(=O)NC(CC(C)C)C(=O)O. The van der Waals surface area contributed by atoms with Crippen LogP contribution in [0.15, 0.2) is 72.9 Å². The Labute approximate surface area is 209 Å². The van der Waals surface area contributed by atoms with Crippen LogP contribution in [0.2, 0.25) is 0 Å². The monoisotopic (exact) mass is 471 g/mol. The molecule has 0 bridgehead atoms. The molecular weight excluding hydrogens is 422 g/mol. The molecule has 4 heteroatoms. The number of amides is 1. The third-order valence-corrected chi connectivity index (χ3v) is 4.48. The third-order valence-electron chi connectivity index (χ3n) is 4.48. The zero-order chi connectivity index (χ0) is 25.9. The van der Waals surface area contributed by atoms with Crippen molar-refractivity contribution in [2.24, 2.45) is 5.92 Å². The lowest BCUT2D eigenvalue weighted by Gasteiger charge is -2.16. The minimum absolute atomic E-state index is 0.211. The van der Waals surface area contributed by atoms with Gasteiger partial charge in [-0.15, -0.1) is 0 Å². The maximum absolute atomic E-state index is 11.9. The molecule has 0 aromatic heterocycles. The molecule has 0 saturated heterocycles. The standard InChI is InChI=1S/C28H43NO3.C2H6/c1-4-5-6-7-8-9-10-11-12-13-14-15-16-17-18-19-20-21-22-23-27(30)29-26(28(31)32)24-25(2)3;1-2/h5-6,8-9,11-12,14-15,17-18,20-21,25-26H,4,7,10,13,16,19,22-24H2,1-3H3,(H,29,30)(H,31,32);1-2H3/b6-5-,9-8-,12-11-,15-14-,18-17-,21-20-;. The minimum atomic E-state index is -0.971. The van der Waals surface area contributed by atoms with Gasteiger partial charge in [-0.05, 0) is 57.3 Å². The second kappa shape index (κ2) is 26.6. The Morgan fingerprint density at radius 3 is 1.44 bits per heavy atom. The van der Waals surface area contributed by atoms with Gasteiger partial charge in [-0.25, -0.2) is 4.79 Å². The van der Waals surface area contributed by atoms with Crippen molar-refractivity contribution in [1.82, 2.24) is 5.32 Å². The maximum Gasteiger partial charge on any atom is 0.326 e. The molecule has 0 aliphatic carbocycles. The average Bonchev–Trinajstić information content (AvgIpc) is 2.81. The highest BCUT2D eigenvalue weighted by Gasteiger charge is 2.20. The van der Waals surface area contributed by atoms with Crippen LogP contribution in [-0.2, 0) is 9.59 Å². The number of hydrogen-bond donors (Lipinski definition) is 2. The van der Waals surface area contributed by atoms with Crippen LogP contribution in [-0.4, -0.2) is 23.0 Å². The number of carboxylic acids is 1. The molecule has 1 atom stereocenters. The molecule has 4 nitrogen and oxygen atoms in total. The highest BCUT2D eigenvalue weighted by Crippen LogP contribution is 2.06. The van der Waals surface area contributed by atoms with Crippen molar-refractivity contribution < 1.29 is 14.7 Å². The van der Waals surface area contributed by atoms with E-state index in [0.29, 0.717) is 19.3 Å². The number of carboxylic acid groups (broad SMARTS) is 1. The topological polar surface area (TPSA) is 66.4 Å². The van der Waals surface area contributed by atoms with Crippen molar-refractivity contribution in [2.45, 2.75) is 98.4 Å². The maximum atomic E-state index is 11.9. The van der Waals surface area contributed by atoms with Gasteiger partial charge in [0.25, 0.3) is 0 Å². The van der Waals surface area contributed by atoms with Gasteiger partial charge in [0.1, 0.15) is 6.04 Å². The van der Waals surface area contributed by atoms with Crippen LogP contribution in [0.5, 0.6) is 0 Å². The summed E-state index contributed by atoms with van der Waals surface area (Å²) in [6, 6.07) is -0.798. The fourth-order valence-corrected chi connectivity index (χ4v) is 2.81. The van der Waals surface area contributed by atoms with Gasteiger partial charge in [0.2, 0.25) is 5.91 Å². The van der Waals surface area contributed by atoms with Crippen LogP contribution in [0.1, 0.15) is 92.4 Å². The first kappa shape index (κ1) is 33.6. The Morgan fingerprint density at radius 1 is 0.706 bits per heavy atom. The Morgan fingerprint density at radius 2 is 1.09 bits per heavy atom. The molecule has 0 aliphatic heterocycles. The van der Waals surface area contributed by atoms with E-state index in [-0.39, 0.29) is 11.8 Å². The number of allylic oxidation sites excluding steroid dienone is 12. The lowest BCUT2D eigenvalue weighted by molar-refractivity contribution is -0.142. The molecule has 192 valence electrons. The van der Waals surface area contributed by atoms with E-state index in [2.05, 4.69) is 73.0 Å². The molecule has 0 aromatic rings. The molecule has 0 saturated carbocycles. The van der Waals surface area contributed by atoms with Crippen molar-refractivity contribution >= 4 is 11.9 Å². The van der Waals surface area contributed by atoms with E-state index in [1.165, 1.54) is 0 Å². The van der Waals surface area contributed by atoms with E-state index in [1.807, 2.05) is 39.8 Å². The number of rotatable bonds is 18. The summed E-state index contributed by atoms with van der Waals surface area (Å²) in [4.78, 5) is 23.1. The van der Waals surface area contributed by atoms with E-state index in [1.54, 1.807) is 0 Å². The lowest BCUT2D eigenvalue weighted by atomic mass is 10.0. The van der Waals surface area contributed by atoms with Gasteiger partial charge < -0.3 is 10.4 Å². The Balaban J connectivity index is 0. The van der Waals surface area contributed by atoms with Crippen molar-refractivity contribution in [1.29, 1.82) is 0 Å². The van der Waals surface area contributed by atoms with E-state index in [4.69, 9.17) is 5.11 Å². The van der Waals surface area contributed by atoms with Gasteiger partial charge in [0.15, 0.2) is 0 Å². The van der Waals surface area contributed by atoms with E-state index >= 15 is 0 Å². The van der Waals surface area contributed by atoms with Gasteiger partial charge >= 0.3 is 5.97 Å². The number of aliphatic carboxylic acids is 1. The smallest absolute Gasteiger partial charge is 0.326 e. The summed E-state index contributed by atoms with van der Waals surface area (Å²) in [5.41, 5.74) is 0. The summed E-state index contributed by atoms with van der Waals surface area (Å²) < 4.78 is 0. The fraction of sp³-hybridized carbons (Fsp3) is 0.533. The molecule has 0 heterocycles. The van der Waals surface area contributed by atoms with Crippen LogP contribution >= 0.6 is 0 Å². The first-order valence-electron chi connectivity index (χ1n) is 12.9. The van der Waals surface area contributed by atoms with Gasteiger partial charge in [0.05, 0.1) is 0 Å². The molecular formula is C30H49NO3. The van der Waals surface area contributed by atoms with Crippen LogP contribution in [0.4, 0.5) is 0 Å². The molecule has 1 amide bonds. The van der Waals surface area contributed by atoms with E-state index < -0.39 is 12.0 Å². The molecule has 0 spiro atoms. The summed E-state index contributed by atoms with van der Waals surface area (Å²) >= 11 is 0. The molecule has 0 aromatic carbocycles. The van der Waals surface area contributed by atoms with Crippen LogP contribution in [0.3, 0.4) is 0 Å². The van der Waals surface area contributed by atoms with E-state index in [9.17, 15) is 9.59 Å². The first-order valence-corrected chi connectivity index (χ1v) is 12.9. The molecule has 0 rings (SSSR count). The average molecular weight is 472 g/mol. The Hall–Kier alpha value is -2.62. The Kier molecular flexibility index (Phi) is 26.3. The number of carbonyl (C=O) groups is 2. The van der Waals surface area contributed by atoms with Crippen LogP contribution < -0.4 is 5.32 Å². The van der Waals surface area contributed by atoms with Gasteiger partial charge in [-0.2, -0.15) is 0 Å². The molecule has 1 unspecified atom stereocenters. The zero-order valence-corrected chi connectivity index (χ0v) is 22.2. The van der Waals surface area contributed by atoms with Crippen LogP contribution in [0.25, 0.3) is 0 Å². The summed E-state index contributed by atoms with van der Waals surface area (Å²) in [5.74, 6) is -0.960. The zero-order valence-electron chi connectivity index (χ0n) is 22.2. The predicted molar refractivity (Wildman–Crippen MR) is 148 cm³/mol. The molecule has 0 aliphatic rings. The summed E-state index contributed by atoms with van der Waals surface area (Å²) in [5, 5.41) is 11.8. The summed E-state index contributed by atoms with van der Waals surface area (Å²) in [6.45, 7) is 10.0. The highest BCUT2D eigenvalue weighted by atomic mass is 16.4. The molecule has 34 heavy (non-hydrogen) atoms. The normalized spacial score (nSPS) is 13.1. The third kappa shape index (κ3) is 25.6. The highest BCUT2D eigenvalue weighted by molar-refractivity contribution is 5.83. The van der Waals surface area contributed by atoms with Gasteiger partial charge in [-0.3, -0.25) is 4.79 Å². The van der Waals surface area contributed by atoms with Crippen molar-refractivity contribution in [3.05, 3.63) is 72.9 Å². The van der Waals surface area contributed by atoms with E-state index in [0.717, 1.165) is 38.5 Å². The summed E-state index contributed by atoms with van der Waals surface area (Å²) in [6.07, 6.45) is 32.9. The molecule has 0 radical (unpaired) electrons. The second-order valence-electron chi connectivity index (χ2n) is 8.04. The number of nitrogens with one attached hydrogen (secondary N) is 1. The molecule has 2 N–H and O–H groups in total. The molecule has 0 fully saturated rings. The van der Waals surface area contributed by atoms with Gasteiger partial charge in [-0.1, -0.05) is 108 Å². The summed E-state index contributed by atoms with van der Waals surface area (Å²) in [7, 11) is 0. The lowest BCUT2D eigenvalue weighted by Crippen LogP contribution is -2.41. The first-order chi connectivity index (χ1) is 16.5. The Bertz CT molecular complexity index is 667.